The van der Waals surface area contributed by atoms with Crippen molar-refractivity contribution in [3.8, 4) is 0 Å². The summed E-state index contributed by atoms with van der Waals surface area (Å²) in [6.45, 7) is 1.31. The molecule has 0 spiro atoms. The lowest BCUT2D eigenvalue weighted by Gasteiger charge is -2.19. The molecule has 2 heterocycles. The highest BCUT2D eigenvalue weighted by Gasteiger charge is 2.31. The fourth-order valence-electron chi connectivity index (χ4n) is 3.23. The maximum Gasteiger partial charge on any atom is 0.333 e. The van der Waals surface area contributed by atoms with Crippen LogP contribution < -0.4 is 0 Å². The van der Waals surface area contributed by atoms with E-state index in [0.29, 0.717) is 12.0 Å². The summed E-state index contributed by atoms with van der Waals surface area (Å²) in [5.74, 6) is -1.06. The van der Waals surface area contributed by atoms with Gasteiger partial charge in [-0.2, -0.15) is 0 Å². The fourth-order valence-corrected chi connectivity index (χ4v) is 3.23. The molecule has 0 bridgehead atoms. The van der Waals surface area contributed by atoms with Crippen LogP contribution in [0.2, 0.25) is 0 Å². The van der Waals surface area contributed by atoms with E-state index in [9.17, 15) is 14.7 Å². The number of cyclic esters (lactones) is 1. The predicted octanol–water partition coefficient (Wildman–Crippen LogP) is 3.07. The molecule has 1 aromatic heterocycles. The predicted molar refractivity (Wildman–Crippen MR) is 99.7 cm³/mol. The van der Waals surface area contributed by atoms with E-state index in [-0.39, 0.29) is 0 Å². The van der Waals surface area contributed by atoms with Crippen molar-refractivity contribution in [1.82, 2.24) is 4.98 Å². The van der Waals surface area contributed by atoms with Gasteiger partial charge in [0.15, 0.2) is 0 Å². The summed E-state index contributed by atoms with van der Waals surface area (Å²) in [6.07, 6.45) is 3.31. The van der Waals surface area contributed by atoms with Crippen LogP contribution in [0, 0.1) is 0 Å². The average molecular weight is 369 g/mol. The zero-order chi connectivity index (χ0) is 19.2. The van der Waals surface area contributed by atoms with Crippen molar-refractivity contribution in [2.24, 2.45) is 0 Å². The molecule has 1 aliphatic rings. The minimum absolute atomic E-state index is 0.311. The van der Waals surface area contributed by atoms with E-state index in [1.165, 1.54) is 13.0 Å². The number of carbonyl (C=O) groups is 2. The number of aliphatic hydroxyl groups is 1. The number of pyridine rings is 1. The van der Waals surface area contributed by atoms with Crippen LogP contribution in [0.15, 0.2) is 48.0 Å². The molecular formula is C21H23NO5. The van der Waals surface area contributed by atoms with Crippen LogP contribution in [-0.2, 0) is 25.5 Å². The number of aliphatic hydroxyl groups excluding tert-OH is 1. The summed E-state index contributed by atoms with van der Waals surface area (Å²) in [4.78, 5) is 27.3. The molecule has 142 valence electrons. The van der Waals surface area contributed by atoms with Crippen LogP contribution in [0.5, 0.6) is 0 Å². The topological polar surface area (TPSA) is 85.7 Å². The molecule has 3 rings (SSSR count). The lowest BCUT2D eigenvalue weighted by Crippen LogP contribution is -2.25. The van der Waals surface area contributed by atoms with E-state index in [1.807, 2.05) is 30.3 Å². The summed E-state index contributed by atoms with van der Waals surface area (Å²) < 4.78 is 9.94. The Bertz CT molecular complexity index is 861. The third-order valence-electron chi connectivity index (χ3n) is 4.53. The molecule has 2 unspecified atom stereocenters. The summed E-state index contributed by atoms with van der Waals surface area (Å²) in [6, 6.07) is 12.2. The Morgan fingerprint density at radius 1 is 1.22 bits per heavy atom. The number of ether oxygens (including phenoxy) is 2. The number of hydrogen-bond acceptors (Lipinski definition) is 6. The Morgan fingerprint density at radius 3 is 2.78 bits per heavy atom. The van der Waals surface area contributed by atoms with E-state index in [4.69, 9.17) is 4.74 Å². The second-order valence-electron chi connectivity index (χ2n) is 6.63. The first-order valence-corrected chi connectivity index (χ1v) is 9.15. The van der Waals surface area contributed by atoms with Gasteiger partial charge in [-0.3, -0.25) is 9.78 Å². The number of unbranched alkanes of at least 4 members (excludes halogenated alkanes) is 2. The van der Waals surface area contributed by atoms with Crippen molar-refractivity contribution in [2.45, 2.75) is 51.4 Å². The first-order valence-electron chi connectivity index (χ1n) is 9.15. The van der Waals surface area contributed by atoms with E-state index in [2.05, 4.69) is 15.8 Å². The smallest absolute Gasteiger partial charge is 0.333 e. The molecule has 1 N–H and O–H groups in total. The number of hydrogen-bond donors (Lipinski definition) is 1. The van der Waals surface area contributed by atoms with Crippen molar-refractivity contribution in [3.63, 3.8) is 0 Å². The number of aromatic nitrogens is 1. The van der Waals surface area contributed by atoms with Crippen LogP contribution >= 0.6 is 0 Å². The van der Waals surface area contributed by atoms with Crippen LogP contribution in [-0.4, -0.2) is 34.4 Å². The van der Waals surface area contributed by atoms with Crippen molar-refractivity contribution in [2.75, 3.05) is 0 Å². The molecule has 2 aromatic rings. The quantitative estimate of drug-likeness (QED) is 0.568. The largest absolute Gasteiger partial charge is 0.458 e. The van der Waals surface area contributed by atoms with Crippen molar-refractivity contribution < 1.29 is 24.2 Å². The highest BCUT2D eigenvalue weighted by atomic mass is 16.6. The lowest BCUT2D eigenvalue weighted by atomic mass is 10.0. The Labute approximate surface area is 157 Å². The number of benzene rings is 1. The van der Waals surface area contributed by atoms with Gasteiger partial charge in [-0.1, -0.05) is 30.7 Å². The zero-order valence-electron chi connectivity index (χ0n) is 15.3. The first kappa shape index (κ1) is 19.0. The minimum Gasteiger partial charge on any atom is -0.458 e. The van der Waals surface area contributed by atoms with Gasteiger partial charge >= 0.3 is 11.9 Å². The normalized spacial score (nSPS) is 17.5. The Balaban J connectivity index is 1.49. The number of rotatable bonds is 8. The van der Waals surface area contributed by atoms with E-state index in [0.717, 1.165) is 42.3 Å². The highest BCUT2D eigenvalue weighted by Crippen LogP contribution is 2.24. The van der Waals surface area contributed by atoms with Crippen LogP contribution in [0.4, 0.5) is 0 Å². The van der Waals surface area contributed by atoms with Crippen molar-refractivity contribution >= 4 is 22.8 Å². The summed E-state index contributed by atoms with van der Waals surface area (Å²) in [5, 5.41) is 10.9. The Hall–Kier alpha value is -2.73. The molecule has 0 radical (unpaired) electrons. The molecule has 27 heavy (non-hydrogen) atoms. The molecular weight excluding hydrogens is 346 g/mol. The molecule has 1 aromatic carbocycles. The molecule has 0 saturated heterocycles. The van der Waals surface area contributed by atoms with Crippen molar-refractivity contribution in [3.05, 3.63) is 53.7 Å². The number of para-hydroxylation sites is 1. The van der Waals surface area contributed by atoms with Gasteiger partial charge in [-0.05, 0) is 37.8 Å². The molecule has 0 fully saturated rings. The van der Waals surface area contributed by atoms with E-state index < -0.39 is 24.3 Å². The molecule has 1 aliphatic heterocycles. The van der Waals surface area contributed by atoms with Gasteiger partial charge in [0.05, 0.1) is 5.52 Å². The summed E-state index contributed by atoms with van der Waals surface area (Å²) in [7, 11) is 0. The first-order chi connectivity index (χ1) is 13.0. The third kappa shape index (κ3) is 5.14. The monoisotopic (exact) mass is 369 g/mol. The number of esters is 2. The Morgan fingerprint density at radius 2 is 2.04 bits per heavy atom. The van der Waals surface area contributed by atoms with Gasteiger partial charge in [0.2, 0.25) is 6.29 Å². The van der Waals surface area contributed by atoms with Crippen LogP contribution in [0.3, 0.4) is 0 Å². The van der Waals surface area contributed by atoms with Crippen LogP contribution in [0.1, 0.15) is 38.3 Å². The van der Waals surface area contributed by atoms with Crippen LogP contribution in [0.25, 0.3) is 10.9 Å². The minimum atomic E-state index is -1.33. The van der Waals surface area contributed by atoms with Gasteiger partial charge in [-0.25, -0.2) is 4.79 Å². The van der Waals surface area contributed by atoms with Crippen molar-refractivity contribution in [1.29, 1.82) is 0 Å². The average Bonchev–Trinajstić information content (AvgIpc) is 2.98. The number of nitrogens with zero attached hydrogens (tertiary/aromatic N) is 1. The molecule has 0 saturated carbocycles. The number of aryl methyl sites for hydroxylation is 1. The summed E-state index contributed by atoms with van der Waals surface area (Å²) in [5.41, 5.74) is 2.36. The third-order valence-corrected chi connectivity index (χ3v) is 4.53. The zero-order valence-corrected chi connectivity index (χ0v) is 15.3. The van der Waals surface area contributed by atoms with Gasteiger partial charge in [0, 0.05) is 29.7 Å². The maximum absolute atomic E-state index is 11.3. The number of carbonyl (C=O) groups excluding carboxylic acids is 2. The molecule has 0 amide bonds. The maximum atomic E-state index is 11.3. The van der Waals surface area contributed by atoms with Gasteiger partial charge < -0.3 is 14.6 Å². The highest BCUT2D eigenvalue weighted by molar-refractivity contribution is 5.86. The number of fused-ring (bicyclic) bond motifs is 1. The Kier molecular flexibility index (Phi) is 6.19. The molecule has 6 heteroatoms. The molecule has 0 aliphatic carbocycles. The van der Waals surface area contributed by atoms with E-state index in [1.54, 1.807) is 0 Å². The standard InChI is InChI=1S/C21H23NO5/c1-14(23)26-19(17-13-20(24)27-21(17)25)10-4-2-3-8-16-12-11-15-7-5-6-9-18(15)22-16/h5-7,9,11-13,19,21,25H,2-4,8,10H2,1H3. The van der Waals surface area contributed by atoms with E-state index >= 15 is 0 Å². The molecule has 6 nitrogen and oxygen atoms in total. The van der Waals surface area contributed by atoms with Gasteiger partial charge in [-0.15, -0.1) is 0 Å². The van der Waals surface area contributed by atoms with Gasteiger partial charge in [0.1, 0.15) is 6.10 Å². The second kappa shape index (κ2) is 8.77. The lowest BCUT2D eigenvalue weighted by molar-refractivity contribution is -0.153. The fraction of sp³-hybridized carbons (Fsp3) is 0.381. The SMILES string of the molecule is CC(=O)OC(CCCCCc1ccc2ccccc2n1)C1=CC(=O)OC1O. The second-order valence-corrected chi connectivity index (χ2v) is 6.63. The molecule has 2 atom stereocenters. The van der Waals surface area contributed by atoms with Gasteiger partial charge in [0.25, 0.3) is 0 Å². The summed E-state index contributed by atoms with van der Waals surface area (Å²) >= 11 is 0.